The first-order chi connectivity index (χ1) is 12.2. The first-order valence-electron chi connectivity index (χ1n) is 8.44. The third-order valence-electron chi connectivity index (χ3n) is 3.78. The van der Waals surface area contributed by atoms with Crippen molar-refractivity contribution in [2.24, 2.45) is 0 Å². The predicted molar refractivity (Wildman–Crippen MR) is 103 cm³/mol. The van der Waals surface area contributed by atoms with Gasteiger partial charge in [0.1, 0.15) is 22.8 Å². The molecule has 0 N–H and O–H groups in total. The average Bonchev–Trinajstić information content (AvgIpc) is 2.65. The first-order valence-corrected chi connectivity index (χ1v) is 9.44. The fourth-order valence-corrected chi connectivity index (χ4v) is 3.41. The SMILES string of the molecule is CCCCCOc1ccc(PC(=O)c2c(OC)cccc2OC)cc1.[Li+]. The molecular formula is C20H25LiO4P+. The van der Waals surface area contributed by atoms with Gasteiger partial charge in [-0.1, -0.05) is 38.0 Å². The maximum atomic E-state index is 12.7. The van der Waals surface area contributed by atoms with Crippen LogP contribution in [0.25, 0.3) is 0 Å². The molecule has 0 heterocycles. The molecule has 2 rings (SSSR count). The summed E-state index contributed by atoms with van der Waals surface area (Å²) in [5, 5.41) is 0.957. The van der Waals surface area contributed by atoms with Crippen LogP contribution < -0.4 is 38.4 Å². The first kappa shape index (κ1) is 22.6. The van der Waals surface area contributed by atoms with Gasteiger partial charge < -0.3 is 14.2 Å². The van der Waals surface area contributed by atoms with E-state index in [2.05, 4.69) is 6.92 Å². The minimum Gasteiger partial charge on any atom is -0.496 e. The largest absolute Gasteiger partial charge is 1.00 e. The Morgan fingerprint density at radius 1 is 0.962 bits per heavy atom. The number of hydrogen-bond acceptors (Lipinski definition) is 4. The topological polar surface area (TPSA) is 44.8 Å². The van der Waals surface area contributed by atoms with E-state index in [9.17, 15) is 4.79 Å². The second-order valence-electron chi connectivity index (χ2n) is 5.57. The molecule has 0 saturated carbocycles. The molecule has 6 heteroatoms. The molecule has 2 aromatic carbocycles. The summed E-state index contributed by atoms with van der Waals surface area (Å²) in [4.78, 5) is 12.7. The van der Waals surface area contributed by atoms with Crippen LogP contribution >= 0.6 is 8.58 Å². The number of hydrogen-bond donors (Lipinski definition) is 0. The van der Waals surface area contributed by atoms with E-state index in [4.69, 9.17) is 14.2 Å². The third-order valence-corrected chi connectivity index (χ3v) is 4.88. The summed E-state index contributed by atoms with van der Waals surface area (Å²) in [6, 6.07) is 13.1. The van der Waals surface area contributed by atoms with Gasteiger partial charge in [-0.3, -0.25) is 4.79 Å². The van der Waals surface area contributed by atoms with Crippen LogP contribution in [0.4, 0.5) is 0 Å². The average molecular weight is 367 g/mol. The van der Waals surface area contributed by atoms with Gasteiger partial charge in [-0.15, -0.1) is 0 Å². The third kappa shape index (κ3) is 6.36. The van der Waals surface area contributed by atoms with Crippen LogP contribution in [-0.2, 0) is 0 Å². The number of unbranched alkanes of at least 4 members (excludes halogenated alkanes) is 2. The molecule has 0 amide bonds. The number of carbonyl (C=O) groups excluding carboxylic acids is 1. The number of rotatable bonds is 10. The normalized spacial score (nSPS) is 10.4. The quantitative estimate of drug-likeness (QED) is 0.362. The van der Waals surface area contributed by atoms with E-state index in [-0.39, 0.29) is 33.0 Å². The zero-order valence-corrected chi connectivity index (χ0v) is 17.0. The molecule has 26 heavy (non-hydrogen) atoms. The van der Waals surface area contributed by atoms with Gasteiger partial charge in [-0.05, 0) is 44.6 Å². The molecule has 2 aromatic rings. The summed E-state index contributed by atoms with van der Waals surface area (Å²) in [6.45, 7) is 2.90. The van der Waals surface area contributed by atoms with Crippen molar-refractivity contribution in [2.75, 3.05) is 20.8 Å². The zero-order chi connectivity index (χ0) is 18.1. The second-order valence-corrected chi connectivity index (χ2v) is 6.85. The molecule has 0 saturated heterocycles. The van der Waals surface area contributed by atoms with Crippen molar-refractivity contribution in [1.29, 1.82) is 0 Å². The minimum atomic E-state index is -0.00841. The van der Waals surface area contributed by atoms with Gasteiger partial charge in [0.05, 0.1) is 20.8 Å². The zero-order valence-electron chi connectivity index (χ0n) is 16.0. The van der Waals surface area contributed by atoms with Crippen molar-refractivity contribution < 1.29 is 37.9 Å². The van der Waals surface area contributed by atoms with Gasteiger partial charge in [0, 0.05) is 0 Å². The molecule has 4 nitrogen and oxygen atoms in total. The number of benzene rings is 2. The van der Waals surface area contributed by atoms with Gasteiger partial charge in [0.2, 0.25) is 0 Å². The molecule has 0 fully saturated rings. The molecule has 134 valence electrons. The van der Waals surface area contributed by atoms with Crippen molar-refractivity contribution in [3.63, 3.8) is 0 Å². The molecule has 0 aliphatic carbocycles. The van der Waals surface area contributed by atoms with Crippen LogP contribution in [0.1, 0.15) is 36.5 Å². The number of methoxy groups -OCH3 is 2. The van der Waals surface area contributed by atoms with Gasteiger partial charge in [0.15, 0.2) is 5.52 Å². The van der Waals surface area contributed by atoms with Crippen molar-refractivity contribution >= 4 is 19.4 Å². The fraction of sp³-hybridized carbons (Fsp3) is 0.350. The van der Waals surface area contributed by atoms with Crippen molar-refractivity contribution in [2.45, 2.75) is 26.2 Å². The van der Waals surface area contributed by atoms with E-state index in [1.165, 1.54) is 12.8 Å². The van der Waals surface area contributed by atoms with Gasteiger partial charge in [-0.2, -0.15) is 0 Å². The Balaban J connectivity index is 0.00000338. The van der Waals surface area contributed by atoms with Crippen molar-refractivity contribution in [3.8, 4) is 17.2 Å². The van der Waals surface area contributed by atoms with Crippen LogP contribution in [-0.4, -0.2) is 26.4 Å². The fourth-order valence-electron chi connectivity index (χ4n) is 2.45. The Labute approximate surface area is 169 Å². The monoisotopic (exact) mass is 367 g/mol. The predicted octanol–water partition coefficient (Wildman–Crippen LogP) is 1.42. The van der Waals surface area contributed by atoms with Crippen LogP contribution in [0, 0.1) is 0 Å². The maximum absolute atomic E-state index is 12.7. The molecule has 1 unspecified atom stereocenters. The Morgan fingerprint density at radius 3 is 2.12 bits per heavy atom. The number of ether oxygens (including phenoxy) is 3. The van der Waals surface area contributed by atoms with Crippen LogP contribution in [0.2, 0.25) is 0 Å². The van der Waals surface area contributed by atoms with Crippen LogP contribution in [0.5, 0.6) is 17.2 Å². The molecule has 0 aliphatic rings. The van der Waals surface area contributed by atoms with Gasteiger partial charge >= 0.3 is 18.9 Å². The molecular weight excluding hydrogens is 342 g/mol. The summed E-state index contributed by atoms with van der Waals surface area (Å²) >= 11 is 0. The standard InChI is InChI=1S/C20H25O4P.Li/c1-4-5-6-14-24-15-10-12-16(13-11-15)25-20(21)19-17(22-2)8-7-9-18(19)23-3;/h7-13,25H,4-6,14H2,1-3H3;/q;+1. The summed E-state index contributed by atoms with van der Waals surface area (Å²) < 4.78 is 16.3. The van der Waals surface area contributed by atoms with Crippen LogP contribution in [0.15, 0.2) is 42.5 Å². The van der Waals surface area contributed by atoms with E-state index in [0.717, 1.165) is 24.1 Å². The summed E-state index contributed by atoms with van der Waals surface area (Å²) in [7, 11) is 3.11. The van der Waals surface area contributed by atoms with Crippen molar-refractivity contribution in [3.05, 3.63) is 48.0 Å². The van der Waals surface area contributed by atoms with Gasteiger partial charge in [0.25, 0.3) is 0 Å². The van der Waals surface area contributed by atoms with E-state index in [0.29, 0.717) is 17.1 Å². The second kappa shape index (κ2) is 12.0. The van der Waals surface area contributed by atoms with E-state index >= 15 is 0 Å². The van der Waals surface area contributed by atoms with Crippen molar-refractivity contribution in [1.82, 2.24) is 0 Å². The van der Waals surface area contributed by atoms with E-state index in [1.54, 1.807) is 26.4 Å². The molecule has 0 spiro atoms. The molecule has 0 aromatic heterocycles. The molecule has 0 bridgehead atoms. The Kier molecular flexibility index (Phi) is 10.4. The summed E-state index contributed by atoms with van der Waals surface area (Å²) in [5.74, 6) is 1.91. The molecule has 1 atom stereocenters. The Hall–Kier alpha value is -1.46. The number of carbonyl (C=O) groups is 1. The Morgan fingerprint density at radius 2 is 1.58 bits per heavy atom. The molecule has 0 radical (unpaired) electrons. The Bertz CT molecular complexity index is 666. The van der Waals surface area contributed by atoms with E-state index in [1.807, 2.05) is 30.3 Å². The summed E-state index contributed by atoms with van der Waals surface area (Å²) in [6.07, 6.45) is 3.42. The smallest absolute Gasteiger partial charge is 0.496 e. The summed E-state index contributed by atoms with van der Waals surface area (Å²) in [5.41, 5.74) is 0.483. The van der Waals surface area contributed by atoms with E-state index < -0.39 is 0 Å². The molecule has 0 aliphatic heterocycles. The van der Waals surface area contributed by atoms with Crippen LogP contribution in [0.3, 0.4) is 0 Å². The minimum absolute atomic E-state index is 0. The maximum Gasteiger partial charge on any atom is 1.00 e. The van der Waals surface area contributed by atoms with Gasteiger partial charge in [-0.25, -0.2) is 0 Å².